The number of fused-ring (bicyclic) bond motifs is 1. The Bertz CT molecular complexity index is 1150. The first kappa shape index (κ1) is 23.0. The molecule has 2 aliphatic heterocycles. The van der Waals surface area contributed by atoms with Crippen LogP contribution in [0.25, 0.3) is 11.0 Å². The Morgan fingerprint density at radius 1 is 1.12 bits per heavy atom. The van der Waals surface area contributed by atoms with Gasteiger partial charge in [-0.25, -0.2) is 4.98 Å². The Morgan fingerprint density at radius 2 is 1.85 bits per heavy atom. The smallest absolute Gasteiger partial charge is 0.223 e. The van der Waals surface area contributed by atoms with Gasteiger partial charge in [-0.1, -0.05) is 51.3 Å². The van der Waals surface area contributed by atoms with Gasteiger partial charge in [-0.05, 0) is 49.1 Å². The average molecular weight is 552 g/mol. The Morgan fingerprint density at radius 3 is 2.55 bits per heavy atom. The minimum atomic E-state index is 0.0232. The van der Waals surface area contributed by atoms with Crippen molar-refractivity contribution in [3.05, 3.63) is 56.5 Å². The molecule has 3 aromatic rings. The van der Waals surface area contributed by atoms with Gasteiger partial charge in [0.2, 0.25) is 11.9 Å². The third-order valence-electron chi connectivity index (χ3n) is 6.45. The van der Waals surface area contributed by atoms with Crippen LogP contribution < -0.4 is 10.2 Å². The molecule has 2 aromatic carbocycles. The predicted octanol–water partition coefficient (Wildman–Crippen LogP) is 5.28. The number of rotatable bonds is 5. The fourth-order valence-corrected chi connectivity index (χ4v) is 5.17. The maximum atomic E-state index is 12.7. The number of benzene rings is 2. The predicted molar refractivity (Wildman–Crippen MR) is 135 cm³/mol. The van der Waals surface area contributed by atoms with Gasteiger partial charge in [0.1, 0.15) is 0 Å². The topological polar surface area (TPSA) is 59.4 Å². The number of anilines is 1. The molecule has 0 saturated carbocycles. The Balaban J connectivity index is 1.38. The summed E-state index contributed by atoms with van der Waals surface area (Å²) in [7, 11) is 0. The van der Waals surface area contributed by atoms with Crippen molar-refractivity contribution in [3.63, 3.8) is 0 Å². The monoisotopic (exact) mass is 550 g/mol. The number of hydrogen-bond acceptors (Lipinski definition) is 4. The third kappa shape index (κ3) is 5.02. The molecule has 0 radical (unpaired) electrons. The molecule has 5 rings (SSSR count). The second-order valence-electron chi connectivity index (χ2n) is 8.71. The van der Waals surface area contributed by atoms with E-state index in [0.29, 0.717) is 23.2 Å². The zero-order valence-corrected chi connectivity index (χ0v) is 21.2. The highest BCUT2D eigenvalue weighted by Crippen LogP contribution is 2.33. The SMILES string of the molecule is O=C(NC1CCOC1)C1CCN(c2nc3cc(Cl)c(Cl)cc3n2Cc2ccc(Br)cc2)CC1. The van der Waals surface area contributed by atoms with Crippen molar-refractivity contribution in [3.8, 4) is 0 Å². The summed E-state index contributed by atoms with van der Waals surface area (Å²) in [6.07, 6.45) is 2.49. The Labute approximate surface area is 211 Å². The van der Waals surface area contributed by atoms with Crippen molar-refractivity contribution in [1.82, 2.24) is 14.9 Å². The van der Waals surface area contributed by atoms with E-state index in [4.69, 9.17) is 32.9 Å². The quantitative estimate of drug-likeness (QED) is 0.469. The molecule has 2 fully saturated rings. The first-order valence-corrected chi connectivity index (χ1v) is 12.8. The van der Waals surface area contributed by atoms with Crippen molar-refractivity contribution in [2.75, 3.05) is 31.2 Å². The fraction of sp³-hybridized carbons (Fsp3) is 0.417. The van der Waals surface area contributed by atoms with Crippen LogP contribution in [0.3, 0.4) is 0 Å². The van der Waals surface area contributed by atoms with E-state index in [-0.39, 0.29) is 17.9 Å². The van der Waals surface area contributed by atoms with Crippen LogP contribution in [0.15, 0.2) is 40.9 Å². The van der Waals surface area contributed by atoms with Gasteiger partial charge >= 0.3 is 0 Å². The lowest BCUT2D eigenvalue weighted by Gasteiger charge is -2.33. The number of ether oxygens (including phenoxy) is 1. The van der Waals surface area contributed by atoms with Gasteiger partial charge < -0.3 is 19.5 Å². The molecule has 174 valence electrons. The molecule has 1 aromatic heterocycles. The van der Waals surface area contributed by atoms with Gasteiger partial charge in [0, 0.05) is 30.1 Å². The number of halogens is 3. The van der Waals surface area contributed by atoms with E-state index in [1.165, 1.54) is 0 Å². The van der Waals surface area contributed by atoms with Gasteiger partial charge in [0.05, 0.1) is 40.3 Å². The van der Waals surface area contributed by atoms with Crippen LogP contribution in [0.1, 0.15) is 24.8 Å². The Kier molecular flexibility index (Phi) is 6.84. The number of nitrogens with zero attached hydrogens (tertiary/aromatic N) is 3. The van der Waals surface area contributed by atoms with E-state index in [0.717, 1.165) is 66.0 Å². The van der Waals surface area contributed by atoms with Crippen LogP contribution in [0.5, 0.6) is 0 Å². The van der Waals surface area contributed by atoms with Gasteiger partial charge in [-0.3, -0.25) is 4.79 Å². The zero-order valence-electron chi connectivity index (χ0n) is 18.1. The highest BCUT2D eigenvalue weighted by atomic mass is 79.9. The molecule has 1 N–H and O–H groups in total. The average Bonchev–Trinajstić information content (AvgIpc) is 3.44. The maximum absolute atomic E-state index is 12.7. The molecule has 1 unspecified atom stereocenters. The minimum absolute atomic E-state index is 0.0232. The second kappa shape index (κ2) is 9.82. The fourth-order valence-electron chi connectivity index (χ4n) is 4.59. The molecule has 0 aliphatic carbocycles. The molecule has 33 heavy (non-hydrogen) atoms. The summed E-state index contributed by atoms with van der Waals surface area (Å²) in [5, 5.41) is 4.16. The van der Waals surface area contributed by atoms with Crippen molar-refractivity contribution < 1.29 is 9.53 Å². The third-order valence-corrected chi connectivity index (χ3v) is 7.70. The molecule has 3 heterocycles. The van der Waals surface area contributed by atoms with E-state index in [1.54, 1.807) is 0 Å². The lowest BCUT2D eigenvalue weighted by atomic mass is 9.95. The van der Waals surface area contributed by atoms with Crippen LogP contribution in [-0.4, -0.2) is 47.8 Å². The van der Waals surface area contributed by atoms with E-state index in [9.17, 15) is 4.79 Å². The van der Waals surface area contributed by atoms with Gasteiger partial charge in [0.15, 0.2) is 0 Å². The van der Waals surface area contributed by atoms with E-state index < -0.39 is 0 Å². The highest BCUT2D eigenvalue weighted by Gasteiger charge is 2.29. The number of hydrogen-bond donors (Lipinski definition) is 1. The summed E-state index contributed by atoms with van der Waals surface area (Å²) in [5.41, 5.74) is 2.93. The van der Waals surface area contributed by atoms with Crippen molar-refractivity contribution in [2.45, 2.75) is 31.8 Å². The highest BCUT2D eigenvalue weighted by molar-refractivity contribution is 9.10. The summed E-state index contributed by atoms with van der Waals surface area (Å²) < 4.78 is 8.61. The van der Waals surface area contributed by atoms with Crippen LogP contribution in [0, 0.1) is 5.92 Å². The molecular formula is C24H25BrCl2N4O2. The number of carbonyl (C=O) groups is 1. The number of aromatic nitrogens is 2. The zero-order chi connectivity index (χ0) is 22.9. The van der Waals surface area contributed by atoms with Crippen molar-refractivity contribution >= 4 is 62.0 Å². The summed E-state index contributed by atoms with van der Waals surface area (Å²) in [6, 6.07) is 12.1. The number of piperidine rings is 1. The van der Waals surface area contributed by atoms with E-state index in [1.807, 2.05) is 24.3 Å². The molecule has 2 aliphatic rings. The summed E-state index contributed by atoms with van der Waals surface area (Å²) in [6.45, 7) is 3.55. The summed E-state index contributed by atoms with van der Waals surface area (Å²) in [4.78, 5) is 19.9. The number of amides is 1. The molecule has 6 nitrogen and oxygen atoms in total. The van der Waals surface area contributed by atoms with Crippen LogP contribution in [0.2, 0.25) is 10.0 Å². The molecule has 0 spiro atoms. The molecular weight excluding hydrogens is 527 g/mol. The van der Waals surface area contributed by atoms with Crippen molar-refractivity contribution in [1.29, 1.82) is 0 Å². The lowest BCUT2D eigenvalue weighted by Crippen LogP contribution is -2.44. The first-order valence-electron chi connectivity index (χ1n) is 11.2. The molecule has 1 atom stereocenters. The van der Waals surface area contributed by atoms with Crippen LogP contribution in [0.4, 0.5) is 5.95 Å². The van der Waals surface area contributed by atoms with Gasteiger partial charge in [-0.15, -0.1) is 0 Å². The molecule has 0 bridgehead atoms. The summed E-state index contributed by atoms with van der Waals surface area (Å²) in [5.74, 6) is 1.05. The normalized spacial score (nSPS) is 19.4. The minimum Gasteiger partial charge on any atom is -0.379 e. The number of imidazole rings is 1. The largest absolute Gasteiger partial charge is 0.379 e. The Hall–Kier alpha value is -1.80. The van der Waals surface area contributed by atoms with Crippen LogP contribution in [-0.2, 0) is 16.1 Å². The lowest BCUT2D eigenvalue weighted by molar-refractivity contribution is -0.126. The van der Waals surface area contributed by atoms with Gasteiger partial charge in [0.25, 0.3) is 0 Å². The first-order chi connectivity index (χ1) is 16.0. The van der Waals surface area contributed by atoms with Crippen molar-refractivity contribution in [2.24, 2.45) is 5.92 Å². The van der Waals surface area contributed by atoms with Gasteiger partial charge in [-0.2, -0.15) is 0 Å². The number of nitrogens with one attached hydrogen (secondary N) is 1. The van der Waals surface area contributed by atoms with Crippen LogP contribution >= 0.6 is 39.1 Å². The van der Waals surface area contributed by atoms with E-state index in [2.05, 4.69) is 42.8 Å². The standard InChI is InChI=1S/C24H25BrCl2N4O2/c25-17-3-1-15(2-4-17)13-31-22-12-20(27)19(26)11-21(22)29-24(31)30-8-5-16(6-9-30)23(32)28-18-7-10-33-14-18/h1-4,11-12,16,18H,5-10,13-14H2,(H,28,32). The molecule has 1 amide bonds. The molecule has 9 heteroatoms. The number of carbonyl (C=O) groups excluding carboxylic acids is 1. The van der Waals surface area contributed by atoms with E-state index >= 15 is 0 Å². The molecule has 2 saturated heterocycles. The maximum Gasteiger partial charge on any atom is 0.223 e. The second-order valence-corrected chi connectivity index (χ2v) is 10.4. The summed E-state index contributed by atoms with van der Waals surface area (Å²) >= 11 is 16.1.